The molecule has 104 valence electrons. The highest BCUT2D eigenvalue weighted by Crippen LogP contribution is 2.37. The topological polar surface area (TPSA) is 42.1 Å². The number of H-pyrrole nitrogens is 1. The second kappa shape index (κ2) is 4.64. The van der Waals surface area contributed by atoms with E-state index in [0.29, 0.717) is 17.2 Å². The molecule has 1 atom stereocenters. The van der Waals surface area contributed by atoms with E-state index in [-0.39, 0.29) is 11.7 Å². The van der Waals surface area contributed by atoms with Crippen molar-refractivity contribution in [2.45, 2.75) is 5.92 Å². The van der Waals surface area contributed by atoms with Crippen LogP contribution >= 0.6 is 11.6 Å². The van der Waals surface area contributed by atoms with E-state index in [0.717, 1.165) is 22.2 Å². The summed E-state index contributed by atoms with van der Waals surface area (Å²) >= 11 is 6.15. The first-order valence-corrected chi connectivity index (χ1v) is 7.15. The third-order valence-electron chi connectivity index (χ3n) is 3.95. The molecule has 2 heterocycles. The minimum absolute atomic E-state index is 0.0634. The molecule has 3 aromatic rings. The number of halogens is 1. The molecule has 0 saturated heterocycles. The molecule has 1 aliphatic heterocycles. The van der Waals surface area contributed by atoms with E-state index in [2.05, 4.69) is 4.98 Å². The van der Waals surface area contributed by atoms with Crippen LogP contribution in [0.3, 0.4) is 0 Å². The Balaban J connectivity index is 1.80. The van der Waals surface area contributed by atoms with Crippen LogP contribution in [0.1, 0.15) is 21.8 Å². The van der Waals surface area contributed by atoms with Gasteiger partial charge in [0.2, 0.25) is 0 Å². The van der Waals surface area contributed by atoms with E-state index >= 15 is 0 Å². The molecule has 0 fully saturated rings. The number of carbonyl (C=O) groups excluding carboxylic acids is 1. The number of aromatic nitrogens is 1. The molecular weight excluding hydrogens is 286 g/mol. The van der Waals surface area contributed by atoms with Crippen LogP contribution in [0.15, 0.2) is 48.7 Å². The smallest absolute Gasteiger partial charge is 0.176 e. The highest BCUT2D eigenvalue weighted by molar-refractivity contribution is 6.35. The lowest BCUT2D eigenvalue weighted by Gasteiger charge is -2.07. The Kier molecular flexibility index (Phi) is 2.76. The van der Waals surface area contributed by atoms with E-state index in [1.807, 2.05) is 42.5 Å². The van der Waals surface area contributed by atoms with Crippen LogP contribution < -0.4 is 4.74 Å². The maximum Gasteiger partial charge on any atom is 0.176 e. The third kappa shape index (κ3) is 1.85. The number of ketones is 1. The lowest BCUT2D eigenvalue weighted by molar-refractivity contribution is 0.0949. The van der Waals surface area contributed by atoms with Gasteiger partial charge in [0.25, 0.3) is 0 Å². The molecule has 0 amide bonds. The fourth-order valence-electron chi connectivity index (χ4n) is 2.89. The predicted molar refractivity (Wildman–Crippen MR) is 82.3 cm³/mol. The highest BCUT2D eigenvalue weighted by Gasteiger charge is 2.31. The Morgan fingerprint density at radius 3 is 2.95 bits per heavy atom. The summed E-state index contributed by atoms with van der Waals surface area (Å²) < 4.78 is 5.61. The maximum absolute atomic E-state index is 12.9. The summed E-state index contributed by atoms with van der Waals surface area (Å²) in [7, 11) is 0. The van der Waals surface area contributed by atoms with E-state index in [1.165, 1.54) is 0 Å². The number of aromatic amines is 1. The summed E-state index contributed by atoms with van der Waals surface area (Å²) in [6.07, 6.45) is 1.74. The van der Waals surface area contributed by atoms with Crippen LogP contribution in [0.25, 0.3) is 10.9 Å². The molecule has 0 radical (unpaired) electrons. The lowest BCUT2D eigenvalue weighted by Crippen LogP contribution is -2.13. The van der Waals surface area contributed by atoms with Gasteiger partial charge in [-0.25, -0.2) is 0 Å². The van der Waals surface area contributed by atoms with Gasteiger partial charge in [-0.15, -0.1) is 0 Å². The number of nitrogens with one attached hydrogen (secondary N) is 1. The molecule has 0 saturated carbocycles. The van der Waals surface area contributed by atoms with E-state index in [1.54, 1.807) is 6.20 Å². The average Bonchev–Trinajstić information content (AvgIpc) is 3.11. The molecule has 1 unspecified atom stereocenters. The van der Waals surface area contributed by atoms with Crippen molar-refractivity contribution in [3.8, 4) is 5.75 Å². The molecule has 4 rings (SSSR count). The van der Waals surface area contributed by atoms with Crippen molar-refractivity contribution in [1.29, 1.82) is 0 Å². The third-order valence-corrected chi connectivity index (χ3v) is 4.26. The van der Waals surface area contributed by atoms with Crippen LogP contribution in [0, 0.1) is 0 Å². The Morgan fingerprint density at radius 2 is 2.05 bits per heavy atom. The zero-order valence-electron chi connectivity index (χ0n) is 11.1. The molecule has 0 aliphatic carbocycles. The number of hydrogen-bond acceptors (Lipinski definition) is 2. The number of benzene rings is 2. The summed E-state index contributed by atoms with van der Waals surface area (Å²) in [5.41, 5.74) is 2.42. The number of Topliss-reactive ketones (excluding diaryl/α,β-unsaturated/α-hetero) is 1. The molecular formula is C17H12ClNO2. The van der Waals surface area contributed by atoms with E-state index in [9.17, 15) is 4.79 Å². The number of ether oxygens (including phenoxy) is 1. The van der Waals surface area contributed by atoms with Gasteiger partial charge in [0.05, 0.1) is 16.5 Å². The molecule has 2 aromatic carbocycles. The monoisotopic (exact) mass is 297 g/mol. The van der Waals surface area contributed by atoms with Crippen LogP contribution in [0.5, 0.6) is 5.75 Å². The summed E-state index contributed by atoms with van der Waals surface area (Å²) in [5, 5.41) is 1.48. The standard InChI is InChI=1S/C17H12ClNO2/c18-14-6-3-5-11-12(8-19-16(11)14)17(20)13-9-21-15-7-2-1-4-10(13)15/h1-8,13,19H,9H2. The fraction of sp³-hybridized carbons (Fsp3) is 0.118. The van der Waals surface area contributed by atoms with Gasteiger partial charge in [-0.1, -0.05) is 41.9 Å². The van der Waals surface area contributed by atoms with Crippen molar-refractivity contribution in [3.63, 3.8) is 0 Å². The van der Waals surface area contributed by atoms with Gasteiger partial charge in [-0.05, 0) is 12.1 Å². The van der Waals surface area contributed by atoms with E-state index in [4.69, 9.17) is 16.3 Å². The zero-order chi connectivity index (χ0) is 14.4. The maximum atomic E-state index is 12.9. The van der Waals surface area contributed by atoms with Gasteiger partial charge in [0.1, 0.15) is 12.4 Å². The van der Waals surface area contributed by atoms with Crippen molar-refractivity contribution in [3.05, 3.63) is 64.8 Å². The molecule has 21 heavy (non-hydrogen) atoms. The van der Waals surface area contributed by atoms with Crippen LogP contribution in [0.2, 0.25) is 5.02 Å². The number of rotatable bonds is 2. The van der Waals surface area contributed by atoms with Crippen molar-refractivity contribution < 1.29 is 9.53 Å². The molecule has 1 aliphatic rings. The SMILES string of the molecule is O=C(c1c[nH]c2c(Cl)cccc12)C1COc2ccccc21. The first kappa shape index (κ1) is 12.5. The predicted octanol–water partition coefficient (Wildman–Crippen LogP) is 4.18. The van der Waals surface area contributed by atoms with Crippen molar-refractivity contribution in [1.82, 2.24) is 4.98 Å². The quantitative estimate of drug-likeness (QED) is 0.721. The van der Waals surface area contributed by atoms with Crippen molar-refractivity contribution >= 4 is 28.3 Å². The fourth-order valence-corrected chi connectivity index (χ4v) is 3.12. The first-order valence-electron chi connectivity index (χ1n) is 6.77. The zero-order valence-corrected chi connectivity index (χ0v) is 11.9. The Labute approximate surface area is 126 Å². The van der Waals surface area contributed by atoms with Crippen LogP contribution in [-0.2, 0) is 0 Å². The molecule has 0 spiro atoms. The normalized spacial score (nSPS) is 16.7. The Bertz CT molecular complexity index is 853. The van der Waals surface area contributed by atoms with Crippen molar-refractivity contribution in [2.75, 3.05) is 6.61 Å². The highest BCUT2D eigenvalue weighted by atomic mass is 35.5. The number of fused-ring (bicyclic) bond motifs is 2. The van der Waals surface area contributed by atoms with Gasteiger partial charge < -0.3 is 9.72 Å². The molecule has 1 N–H and O–H groups in total. The minimum atomic E-state index is -0.251. The number of para-hydroxylation sites is 2. The molecule has 3 nitrogen and oxygen atoms in total. The number of carbonyl (C=O) groups is 1. The van der Waals surface area contributed by atoms with Gasteiger partial charge in [-0.3, -0.25) is 4.79 Å². The largest absolute Gasteiger partial charge is 0.492 e. The van der Waals surface area contributed by atoms with Crippen LogP contribution in [-0.4, -0.2) is 17.4 Å². The number of hydrogen-bond donors (Lipinski definition) is 1. The second-order valence-corrected chi connectivity index (χ2v) is 5.54. The summed E-state index contributed by atoms with van der Waals surface area (Å²) in [5.74, 6) is 0.612. The second-order valence-electron chi connectivity index (χ2n) is 5.13. The van der Waals surface area contributed by atoms with Gasteiger partial charge in [0, 0.05) is 22.7 Å². The molecule has 1 aromatic heterocycles. The lowest BCUT2D eigenvalue weighted by atomic mass is 9.92. The Hall–Kier alpha value is -2.26. The van der Waals surface area contributed by atoms with Gasteiger partial charge in [-0.2, -0.15) is 0 Å². The summed E-state index contributed by atoms with van der Waals surface area (Å²) in [6.45, 7) is 0.394. The van der Waals surface area contributed by atoms with Gasteiger partial charge in [0.15, 0.2) is 5.78 Å². The van der Waals surface area contributed by atoms with Crippen molar-refractivity contribution in [2.24, 2.45) is 0 Å². The summed E-state index contributed by atoms with van der Waals surface area (Å²) in [6, 6.07) is 13.3. The first-order chi connectivity index (χ1) is 10.3. The Morgan fingerprint density at radius 1 is 1.19 bits per heavy atom. The van der Waals surface area contributed by atoms with Crippen LogP contribution in [0.4, 0.5) is 0 Å². The summed E-state index contributed by atoms with van der Waals surface area (Å²) in [4.78, 5) is 15.9. The average molecular weight is 298 g/mol. The minimum Gasteiger partial charge on any atom is -0.492 e. The molecule has 4 heteroatoms. The van der Waals surface area contributed by atoms with Gasteiger partial charge >= 0.3 is 0 Å². The van der Waals surface area contributed by atoms with E-state index < -0.39 is 0 Å². The molecule has 0 bridgehead atoms.